The summed E-state index contributed by atoms with van der Waals surface area (Å²) in [7, 11) is 0. The van der Waals surface area contributed by atoms with E-state index < -0.39 is 29.0 Å². The van der Waals surface area contributed by atoms with Gasteiger partial charge in [0.15, 0.2) is 0 Å². The van der Waals surface area contributed by atoms with Gasteiger partial charge in [0.25, 0.3) is 6.47 Å². The van der Waals surface area contributed by atoms with Crippen LogP contribution in [0.15, 0.2) is 30.6 Å². The fourth-order valence-electron chi connectivity index (χ4n) is 1.73. The number of carboxylic acid groups (broad SMARTS) is 4. The van der Waals surface area contributed by atoms with E-state index in [9.17, 15) is 14.4 Å². The van der Waals surface area contributed by atoms with Crippen LogP contribution in [-0.2, 0) is 11.2 Å². The van der Waals surface area contributed by atoms with Gasteiger partial charge in [-0.2, -0.15) is 0 Å². The molecule has 0 aliphatic heterocycles. The second kappa shape index (κ2) is 11.8. The number of hydrogen-bond donors (Lipinski definition) is 6. The molecule has 11 heteroatoms. The number of aliphatic hydroxyl groups excluding tert-OH is 1. The second-order valence-corrected chi connectivity index (χ2v) is 4.87. The van der Waals surface area contributed by atoms with Crippen molar-refractivity contribution in [3.63, 3.8) is 0 Å². The summed E-state index contributed by atoms with van der Waals surface area (Å²) in [4.78, 5) is 47.0. The average Bonchev–Trinajstić information content (AvgIpc) is 3.07. The van der Waals surface area contributed by atoms with Gasteiger partial charge in [-0.3, -0.25) is 4.79 Å². The molecule has 146 valence electrons. The van der Waals surface area contributed by atoms with Crippen LogP contribution in [0.1, 0.15) is 43.8 Å². The highest BCUT2D eigenvalue weighted by molar-refractivity contribution is 6.03. The zero-order chi connectivity index (χ0) is 21.0. The van der Waals surface area contributed by atoms with Crippen molar-refractivity contribution >= 4 is 24.4 Å². The van der Waals surface area contributed by atoms with Crippen molar-refractivity contribution in [2.45, 2.75) is 19.4 Å². The number of aliphatic hydroxyl groups is 1. The predicted molar refractivity (Wildman–Crippen MR) is 90.0 cm³/mol. The van der Waals surface area contributed by atoms with E-state index in [0.29, 0.717) is 6.42 Å². The van der Waals surface area contributed by atoms with E-state index in [1.54, 1.807) is 19.3 Å². The Balaban J connectivity index is 0.000000477. The highest BCUT2D eigenvalue weighted by Gasteiger charge is 2.17. The Morgan fingerprint density at radius 2 is 1.67 bits per heavy atom. The molecule has 0 radical (unpaired) electrons. The fraction of sp³-hybridized carbons (Fsp3) is 0.188. The van der Waals surface area contributed by atoms with Gasteiger partial charge in [-0.25, -0.2) is 19.4 Å². The Morgan fingerprint density at radius 1 is 1.11 bits per heavy atom. The van der Waals surface area contributed by atoms with Crippen LogP contribution in [0, 0.1) is 0 Å². The van der Waals surface area contributed by atoms with Gasteiger partial charge in [-0.15, -0.1) is 0 Å². The maximum atomic E-state index is 10.6. The number of rotatable bonds is 5. The number of aromatic nitrogens is 2. The van der Waals surface area contributed by atoms with E-state index >= 15 is 0 Å². The predicted octanol–water partition coefficient (Wildman–Crippen LogP) is 0.815. The first-order valence-electron chi connectivity index (χ1n) is 7.22. The van der Waals surface area contributed by atoms with Crippen LogP contribution < -0.4 is 0 Å². The van der Waals surface area contributed by atoms with Crippen molar-refractivity contribution in [3.8, 4) is 0 Å². The van der Waals surface area contributed by atoms with E-state index in [0.717, 1.165) is 24.0 Å². The summed E-state index contributed by atoms with van der Waals surface area (Å²) in [6.07, 6.45) is 3.72. The van der Waals surface area contributed by atoms with Crippen molar-refractivity contribution in [3.05, 3.63) is 53.1 Å². The van der Waals surface area contributed by atoms with Crippen LogP contribution in [0.2, 0.25) is 0 Å². The molecule has 6 N–H and O–H groups in total. The van der Waals surface area contributed by atoms with Crippen molar-refractivity contribution in [2.24, 2.45) is 0 Å². The maximum absolute atomic E-state index is 10.6. The molecule has 11 nitrogen and oxygen atoms in total. The van der Waals surface area contributed by atoms with Crippen molar-refractivity contribution < 1.29 is 44.7 Å². The Morgan fingerprint density at radius 3 is 2.04 bits per heavy atom. The fourth-order valence-corrected chi connectivity index (χ4v) is 1.73. The molecule has 0 aliphatic carbocycles. The average molecular weight is 382 g/mol. The Bertz CT molecular complexity index is 770. The summed E-state index contributed by atoms with van der Waals surface area (Å²) < 4.78 is 0. The lowest BCUT2D eigenvalue weighted by Crippen LogP contribution is -2.10. The van der Waals surface area contributed by atoms with E-state index in [-0.39, 0.29) is 18.1 Å². The molecule has 0 spiro atoms. The smallest absolute Gasteiger partial charge is 0.336 e. The number of carbonyl (C=O) groups is 4. The Hall–Kier alpha value is -3.73. The van der Waals surface area contributed by atoms with Crippen molar-refractivity contribution in [1.29, 1.82) is 0 Å². The number of hydrogen-bond acceptors (Lipinski definition) is 6. The molecule has 1 aromatic heterocycles. The largest absolute Gasteiger partial charge is 0.483 e. The molecule has 2 rings (SSSR count). The number of nitrogens with zero attached hydrogens (tertiary/aromatic N) is 1. The summed E-state index contributed by atoms with van der Waals surface area (Å²) in [5.74, 6) is -3.36. The maximum Gasteiger partial charge on any atom is 0.336 e. The lowest BCUT2D eigenvalue weighted by Gasteiger charge is -2.02. The highest BCUT2D eigenvalue weighted by atomic mass is 16.4. The molecule has 2 aromatic rings. The summed E-state index contributed by atoms with van der Waals surface area (Å²) >= 11 is 0. The summed E-state index contributed by atoms with van der Waals surface area (Å²) in [5.41, 5.74) is -1.24. The van der Waals surface area contributed by atoms with Gasteiger partial charge in [-0.1, -0.05) is 0 Å². The molecule has 0 aliphatic rings. The number of nitrogens with one attached hydrogen (secondary N) is 1. The van der Waals surface area contributed by atoms with Crippen molar-refractivity contribution in [1.82, 2.24) is 9.97 Å². The topological polar surface area (TPSA) is 198 Å². The molecule has 0 saturated carbocycles. The molecular formula is C16H18N2O9. The first-order chi connectivity index (χ1) is 12.6. The summed E-state index contributed by atoms with van der Waals surface area (Å²) in [6.45, 7) is 1.49. The highest BCUT2D eigenvalue weighted by Crippen LogP contribution is 2.12. The first-order valence-corrected chi connectivity index (χ1v) is 7.22. The third kappa shape index (κ3) is 8.79. The van der Waals surface area contributed by atoms with E-state index in [1.165, 1.54) is 0 Å². The van der Waals surface area contributed by atoms with E-state index in [2.05, 4.69) is 9.97 Å². The SMILES string of the molecule is CC(O)Cc1ncc[nH]1.O=C(O)c1ccc(C(=O)O)c(C(=O)O)c1.O=CO. The summed E-state index contributed by atoms with van der Waals surface area (Å²) in [6, 6.07) is 2.81. The number of H-pyrrole nitrogens is 1. The Labute approximate surface area is 152 Å². The Kier molecular flexibility index (Phi) is 10.1. The zero-order valence-electron chi connectivity index (χ0n) is 14.1. The number of carboxylic acids is 3. The van der Waals surface area contributed by atoms with Crippen LogP contribution in [0.3, 0.4) is 0 Å². The van der Waals surface area contributed by atoms with Gasteiger partial charge >= 0.3 is 17.9 Å². The van der Waals surface area contributed by atoms with Gasteiger partial charge < -0.3 is 30.5 Å². The van der Waals surface area contributed by atoms with Crippen LogP contribution in [0.5, 0.6) is 0 Å². The molecule has 0 bridgehead atoms. The quantitative estimate of drug-likeness (QED) is 0.402. The minimum atomic E-state index is -1.48. The van der Waals surface area contributed by atoms with E-state index in [4.69, 9.17) is 30.3 Å². The molecule has 0 amide bonds. The number of benzene rings is 1. The number of imidazole rings is 1. The lowest BCUT2D eigenvalue weighted by atomic mass is 10.0. The molecular weight excluding hydrogens is 364 g/mol. The van der Waals surface area contributed by atoms with Gasteiger partial charge in [-0.05, 0) is 25.1 Å². The molecule has 1 heterocycles. The molecule has 27 heavy (non-hydrogen) atoms. The van der Waals surface area contributed by atoms with Gasteiger partial charge in [0.05, 0.1) is 22.8 Å². The minimum Gasteiger partial charge on any atom is -0.483 e. The molecule has 0 fully saturated rings. The molecule has 1 unspecified atom stereocenters. The zero-order valence-corrected chi connectivity index (χ0v) is 14.1. The number of aromatic carboxylic acids is 3. The minimum absolute atomic E-state index is 0.250. The van der Waals surface area contributed by atoms with Crippen LogP contribution in [0.25, 0.3) is 0 Å². The second-order valence-electron chi connectivity index (χ2n) is 4.87. The van der Waals surface area contributed by atoms with Crippen LogP contribution >= 0.6 is 0 Å². The van der Waals surface area contributed by atoms with Crippen molar-refractivity contribution in [2.75, 3.05) is 0 Å². The standard InChI is InChI=1S/C9H6O6.C6H10N2O.CH2O2/c10-7(11)4-1-2-5(8(12)13)6(3-4)9(14)15;1-5(9)4-6-7-2-3-8-6;2-1-3/h1-3H,(H,10,11)(H,12,13)(H,14,15);2-3,5,9H,4H2,1H3,(H,7,8);1H,(H,2,3). The lowest BCUT2D eigenvalue weighted by molar-refractivity contribution is -0.122. The molecule has 1 atom stereocenters. The molecule has 0 saturated heterocycles. The van der Waals surface area contributed by atoms with Crippen LogP contribution in [-0.4, -0.2) is 66.0 Å². The van der Waals surface area contributed by atoms with Gasteiger partial charge in [0.1, 0.15) is 5.82 Å². The summed E-state index contributed by atoms with van der Waals surface area (Å²) in [5, 5.41) is 41.6. The number of aromatic amines is 1. The normalized spacial score (nSPS) is 10.3. The van der Waals surface area contributed by atoms with Gasteiger partial charge in [0.2, 0.25) is 0 Å². The third-order valence-corrected chi connectivity index (χ3v) is 2.77. The van der Waals surface area contributed by atoms with Crippen LogP contribution in [0.4, 0.5) is 0 Å². The van der Waals surface area contributed by atoms with Gasteiger partial charge in [0, 0.05) is 18.8 Å². The van der Waals surface area contributed by atoms with E-state index in [1.807, 2.05) is 0 Å². The monoisotopic (exact) mass is 382 g/mol. The third-order valence-electron chi connectivity index (χ3n) is 2.77. The first kappa shape index (κ1) is 23.3. The molecule has 1 aromatic carbocycles.